The first-order chi connectivity index (χ1) is 11.3. The van der Waals surface area contributed by atoms with Gasteiger partial charge in [0.05, 0.1) is 0 Å². The number of allylic oxidation sites excluding steroid dienone is 2. The Morgan fingerprint density at radius 1 is 0.609 bits per heavy atom. The van der Waals surface area contributed by atoms with Crippen LogP contribution in [-0.2, 0) is 0 Å². The van der Waals surface area contributed by atoms with E-state index >= 15 is 0 Å². The topological polar surface area (TPSA) is 0 Å². The molecule has 23 heavy (non-hydrogen) atoms. The second-order valence-electron chi connectivity index (χ2n) is 5.30. The fourth-order valence-electron chi connectivity index (χ4n) is 2.49. The van der Waals surface area contributed by atoms with Crippen molar-refractivity contribution in [2.75, 3.05) is 0 Å². The average Bonchev–Trinajstić information content (AvgIpc) is 2.61. The van der Waals surface area contributed by atoms with Crippen LogP contribution in [0.5, 0.6) is 0 Å². The van der Waals surface area contributed by atoms with Gasteiger partial charge in [0.15, 0.2) is 0 Å². The van der Waals surface area contributed by atoms with Gasteiger partial charge in [-0.25, -0.2) is 0 Å². The van der Waals surface area contributed by atoms with Crippen LogP contribution < -0.4 is 5.30 Å². The smallest absolute Gasteiger partial charge is 0.0106 e. The SMILES string of the molecule is Pc1c(/C=C/C=C/c2ccccc2)cccc1-c1ccccc1. The third-order valence-electron chi connectivity index (χ3n) is 3.70. The van der Waals surface area contributed by atoms with Crippen molar-refractivity contribution in [1.82, 2.24) is 0 Å². The summed E-state index contributed by atoms with van der Waals surface area (Å²) in [4.78, 5) is 0. The molecule has 0 saturated carbocycles. The Morgan fingerprint density at radius 3 is 2.00 bits per heavy atom. The van der Waals surface area contributed by atoms with Gasteiger partial charge in [-0.2, -0.15) is 0 Å². The zero-order valence-electron chi connectivity index (χ0n) is 12.9. The van der Waals surface area contributed by atoms with E-state index in [-0.39, 0.29) is 0 Å². The van der Waals surface area contributed by atoms with E-state index in [2.05, 4.69) is 88.1 Å². The van der Waals surface area contributed by atoms with Gasteiger partial charge in [0.25, 0.3) is 0 Å². The van der Waals surface area contributed by atoms with E-state index in [1.807, 2.05) is 24.3 Å². The Morgan fingerprint density at radius 2 is 1.26 bits per heavy atom. The first-order valence-corrected chi connectivity index (χ1v) is 8.26. The van der Waals surface area contributed by atoms with Crippen LogP contribution in [0.4, 0.5) is 0 Å². The summed E-state index contributed by atoms with van der Waals surface area (Å²) in [7, 11) is 2.88. The molecular formula is C22H19P. The van der Waals surface area contributed by atoms with Gasteiger partial charge in [-0.05, 0) is 27.6 Å². The van der Waals surface area contributed by atoms with Crippen LogP contribution in [0.3, 0.4) is 0 Å². The molecule has 0 spiro atoms. The first-order valence-electron chi connectivity index (χ1n) is 7.68. The van der Waals surface area contributed by atoms with Crippen LogP contribution in [0.25, 0.3) is 23.3 Å². The predicted molar refractivity (Wildman–Crippen MR) is 106 cm³/mol. The summed E-state index contributed by atoms with van der Waals surface area (Å²) in [6.07, 6.45) is 8.42. The van der Waals surface area contributed by atoms with E-state index in [1.54, 1.807) is 0 Å². The molecule has 0 amide bonds. The summed E-state index contributed by atoms with van der Waals surface area (Å²) in [6, 6.07) is 27.2. The molecule has 3 rings (SSSR count). The van der Waals surface area contributed by atoms with Crippen molar-refractivity contribution >= 4 is 26.7 Å². The van der Waals surface area contributed by atoms with E-state index in [9.17, 15) is 0 Å². The van der Waals surface area contributed by atoms with Crippen LogP contribution in [-0.4, -0.2) is 0 Å². The number of hydrogen-bond donors (Lipinski definition) is 0. The van der Waals surface area contributed by atoms with Crippen LogP contribution in [0.15, 0.2) is 91.0 Å². The lowest BCUT2D eigenvalue weighted by Gasteiger charge is -2.08. The summed E-state index contributed by atoms with van der Waals surface area (Å²) < 4.78 is 0. The van der Waals surface area contributed by atoms with Gasteiger partial charge in [-0.15, -0.1) is 9.24 Å². The maximum atomic E-state index is 2.88. The number of benzene rings is 3. The van der Waals surface area contributed by atoms with Gasteiger partial charge in [-0.1, -0.05) is 103 Å². The van der Waals surface area contributed by atoms with Gasteiger partial charge in [-0.3, -0.25) is 0 Å². The Kier molecular flexibility index (Phi) is 5.19. The molecular weight excluding hydrogens is 295 g/mol. The highest BCUT2D eigenvalue weighted by Crippen LogP contribution is 2.21. The number of hydrogen-bond acceptors (Lipinski definition) is 0. The quantitative estimate of drug-likeness (QED) is 0.435. The highest BCUT2D eigenvalue weighted by Gasteiger charge is 2.03. The highest BCUT2D eigenvalue weighted by atomic mass is 31.0. The average molecular weight is 314 g/mol. The van der Waals surface area contributed by atoms with Crippen LogP contribution in [0.2, 0.25) is 0 Å². The Labute approximate surface area is 140 Å². The molecule has 3 aromatic rings. The molecule has 0 fully saturated rings. The standard InChI is InChI=1S/C22H19P/c23-22-20(15-8-7-12-18-10-3-1-4-11-18)16-9-17-21(22)19-13-5-2-6-14-19/h1-17H,23H2/b12-7+,15-8+. The molecule has 112 valence electrons. The minimum Gasteiger partial charge on any atom is -0.104 e. The van der Waals surface area contributed by atoms with Gasteiger partial charge < -0.3 is 0 Å². The first kappa shape index (κ1) is 15.5. The van der Waals surface area contributed by atoms with Crippen molar-refractivity contribution in [3.8, 4) is 11.1 Å². The highest BCUT2D eigenvalue weighted by molar-refractivity contribution is 7.28. The van der Waals surface area contributed by atoms with E-state index in [0.717, 1.165) is 0 Å². The molecule has 0 bridgehead atoms. The van der Waals surface area contributed by atoms with Crippen molar-refractivity contribution in [3.05, 3.63) is 102 Å². The van der Waals surface area contributed by atoms with Crippen molar-refractivity contribution < 1.29 is 0 Å². The molecule has 3 aromatic carbocycles. The van der Waals surface area contributed by atoms with Crippen LogP contribution in [0.1, 0.15) is 11.1 Å². The molecule has 1 heteroatoms. The molecule has 0 aliphatic carbocycles. The van der Waals surface area contributed by atoms with E-state index < -0.39 is 0 Å². The van der Waals surface area contributed by atoms with Crippen molar-refractivity contribution in [2.45, 2.75) is 0 Å². The molecule has 0 N–H and O–H groups in total. The fourth-order valence-corrected chi connectivity index (χ4v) is 2.94. The second kappa shape index (κ2) is 7.72. The second-order valence-corrected chi connectivity index (χ2v) is 5.88. The zero-order chi connectivity index (χ0) is 15.9. The summed E-state index contributed by atoms with van der Waals surface area (Å²) in [6.45, 7) is 0. The lowest BCUT2D eigenvalue weighted by molar-refractivity contribution is 1.63. The van der Waals surface area contributed by atoms with Gasteiger partial charge in [0.1, 0.15) is 0 Å². The molecule has 0 radical (unpaired) electrons. The molecule has 0 heterocycles. The lowest BCUT2D eigenvalue weighted by Crippen LogP contribution is -2.01. The maximum Gasteiger partial charge on any atom is -0.0106 e. The normalized spacial score (nSPS) is 11.3. The Bertz CT molecular complexity index is 815. The molecule has 1 atom stereocenters. The third-order valence-corrected chi connectivity index (χ3v) is 4.34. The molecule has 0 nitrogen and oxygen atoms in total. The van der Waals surface area contributed by atoms with Crippen LogP contribution in [0, 0.1) is 0 Å². The molecule has 0 aliphatic heterocycles. The van der Waals surface area contributed by atoms with Crippen molar-refractivity contribution in [3.63, 3.8) is 0 Å². The maximum absolute atomic E-state index is 2.88. The van der Waals surface area contributed by atoms with E-state index in [4.69, 9.17) is 0 Å². The van der Waals surface area contributed by atoms with Gasteiger partial charge in [0, 0.05) is 0 Å². The third kappa shape index (κ3) is 4.06. The van der Waals surface area contributed by atoms with E-state index in [0.29, 0.717) is 0 Å². The largest absolute Gasteiger partial charge is 0.104 e. The minimum absolute atomic E-state index is 1.21. The van der Waals surface area contributed by atoms with Gasteiger partial charge in [0.2, 0.25) is 0 Å². The van der Waals surface area contributed by atoms with Gasteiger partial charge >= 0.3 is 0 Å². The van der Waals surface area contributed by atoms with Crippen molar-refractivity contribution in [2.24, 2.45) is 0 Å². The Hall–Kier alpha value is -2.43. The minimum atomic E-state index is 1.21. The molecule has 0 aromatic heterocycles. The molecule has 1 unspecified atom stereocenters. The summed E-state index contributed by atoms with van der Waals surface area (Å²) >= 11 is 0. The summed E-state index contributed by atoms with van der Waals surface area (Å²) in [5, 5.41) is 1.23. The summed E-state index contributed by atoms with van der Waals surface area (Å²) in [5.41, 5.74) is 4.92. The van der Waals surface area contributed by atoms with E-state index in [1.165, 1.54) is 27.6 Å². The Balaban J connectivity index is 1.81. The predicted octanol–water partition coefficient (Wildman–Crippen LogP) is 5.58. The monoisotopic (exact) mass is 314 g/mol. The lowest BCUT2D eigenvalue weighted by atomic mass is 10.0. The zero-order valence-corrected chi connectivity index (χ0v) is 14.0. The number of rotatable bonds is 4. The summed E-state index contributed by atoms with van der Waals surface area (Å²) in [5.74, 6) is 0. The van der Waals surface area contributed by atoms with Crippen LogP contribution >= 0.6 is 9.24 Å². The fraction of sp³-hybridized carbons (Fsp3) is 0. The molecule has 0 saturated heterocycles. The van der Waals surface area contributed by atoms with Crippen molar-refractivity contribution in [1.29, 1.82) is 0 Å². The molecule has 0 aliphatic rings.